The molecule has 0 heterocycles. The molecule has 4 nitrogen and oxygen atoms in total. The number of carboxylic acids is 1. The zero-order valence-corrected chi connectivity index (χ0v) is 8.43. The van der Waals surface area contributed by atoms with Crippen LogP contribution in [0, 0.1) is 0 Å². The lowest BCUT2D eigenvalue weighted by Crippen LogP contribution is -2.35. The van der Waals surface area contributed by atoms with Crippen molar-refractivity contribution in [1.29, 1.82) is 0 Å². The summed E-state index contributed by atoms with van der Waals surface area (Å²) in [7, 11) is 0. The predicted molar refractivity (Wildman–Crippen MR) is 57.4 cm³/mol. The first-order chi connectivity index (χ1) is 7.20. The number of hydrogen-bond acceptors (Lipinski definition) is 3. The topological polar surface area (TPSA) is 72.5 Å². The normalized spacial score (nSPS) is 17.0. The Morgan fingerprint density at radius 2 is 2.40 bits per heavy atom. The molecule has 0 bridgehead atoms. The zero-order chi connectivity index (χ0) is 11.1. The van der Waals surface area contributed by atoms with Gasteiger partial charge in [0.25, 0.3) is 0 Å². The van der Waals surface area contributed by atoms with E-state index in [1.54, 1.807) is 0 Å². The zero-order valence-electron chi connectivity index (χ0n) is 8.43. The average molecular weight is 209 g/mol. The van der Waals surface area contributed by atoms with E-state index < -0.39 is 12.0 Å². The van der Waals surface area contributed by atoms with Crippen LogP contribution in [0.2, 0.25) is 0 Å². The van der Waals surface area contributed by atoms with Crippen LogP contribution in [0.3, 0.4) is 0 Å². The van der Waals surface area contributed by atoms with E-state index in [2.05, 4.69) is 0 Å². The molecule has 1 atom stereocenters. The largest absolute Gasteiger partial charge is 0.480 e. The minimum Gasteiger partial charge on any atom is -0.480 e. The minimum atomic E-state index is -1.04. The summed E-state index contributed by atoms with van der Waals surface area (Å²) in [6.07, 6.45) is 10.8. The summed E-state index contributed by atoms with van der Waals surface area (Å²) >= 11 is 0. The second-order valence-corrected chi connectivity index (χ2v) is 3.26. The molecule has 0 amide bonds. The monoisotopic (exact) mass is 209 g/mol. The molecule has 1 unspecified atom stereocenters. The van der Waals surface area contributed by atoms with Gasteiger partial charge >= 0.3 is 5.97 Å². The van der Waals surface area contributed by atoms with E-state index in [0.717, 1.165) is 12.0 Å². The first-order valence-corrected chi connectivity index (χ1v) is 4.78. The highest BCUT2D eigenvalue weighted by Crippen LogP contribution is 2.05. The lowest BCUT2D eigenvalue weighted by Gasteiger charge is -2.07. The number of aliphatic carboxylic acids is 1. The van der Waals surface area contributed by atoms with E-state index in [1.165, 1.54) is 0 Å². The number of allylic oxidation sites excluding steroid dienone is 4. The fourth-order valence-electron chi connectivity index (χ4n) is 1.11. The van der Waals surface area contributed by atoms with E-state index in [0.29, 0.717) is 6.61 Å². The molecular weight excluding hydrogens is 194 g/mol. The van der Waals surface area contributed by atoms with Crippen molar-refractivity contribution in [3.05, 3.63) is 36.0 Å². The molecule has 1 aliphatic carbocycles. The van der Waals surface area contributed by atoms with Gasteiger partial charge in [-0.15, -0.1) is 0 Å². The SMILES string of the molecule is NC(COCC1=CCC=CC=C1)C(=O)O. The van der Waals surface area contributed by atoms with Crippen molar-refractivity contribution in [3.8, 4) is 0 Å². The second kappa shape index (κ2) is 6.16. The molecule has 1 rings (SSSR count). The summed E-state index contributed by atoms with van der Waals surface area (Å²) in [6.45, 7) is 0.438. The lowest BCUT2D eigenvalue weighted by molar-refractivity contribution is -0.139. The standard InChI is InChI=1S/C11H15NO3/c12-10(11(13)14)8-15-7-9-5-3-1-2-4-6-9/h1-3,5-6,10H,4,7-8,12H2,(H,13,14). The van der Waals surface area contributed by atoms with Gasteiger partial charge < -0.3 is 15.6 Å². The van der Waals surface area contributed by atoms with Gasteiger partial charge in [-0.3, -0.25) is 4.79 Å². The molecule has 0 aromatic rings. The van der Waals surface area contributed by atoms with Gasteiger partial charge in [0.15, 0.2) is 0 Å². The Hall–Kier alpha value is -1.39. The van der Waals surface area contributed by atoms with Crippen LogP contribution < -0.4 is 5.73 Å². The summed E-state index contributed by atoms with van der Waals surface area (Å²) in [5.41, 5.74) is 6.33. The van der Waals surface area contributed by atoms with Gasteiger partial charge in [-0.05, 0) is 12.0 Å². The first-order valence-electron chi connectivity index (χ1n) is 4.78. The molecule has 0 radical (unpaired) electrons. The summed E-state index contributed by atoms with van der Waals surface area (Å²) < 4.78 is 5.20. The predicted octanol–water partition coefficient (Wildman–Crippen LogP) is 0.857. The van der Waals surface area contributed by atoms with Crippen LogP contribution in [0.15, 0.2) is 36.0 Å². The molecule has 0 fully saturated rings. The molecule has 0 spiro atoms. The van der Waals surface area contributed by atoms with Crippen LogP contribution in [0.4, 0.5) is 0 Å². The van der Waals surface area contributed by atoms with Crippen molar-refractivity contribution >= 4 is 5.97 Å². The Balaban J connectivity index is 2.26. The molecule has 0 saturated heterocycles. The van der Waals surface area contributed by atoms with Gasteiger partial charge in [0.1, 0.15) is 6.04 Å². The minimum absolute atomic E-state index is 0.0357. The molecule has 82 valence electrons. The van der Waals surface area contributed by atoms with Gasteiger partial charge in [0, 0.05) is 0 Å². The van der Waals surface area contributed by atoms with E-state index in [1.807, 2.05) is 30.4 Å². The number of ether oxygens (including phenoxy) is 1. The summed E-state index contributed by atoms with van der Waals surface area (Å²) in [5.74, 6) is -1.04. The Morgan fingerprint density at radius 1 is 1.60 bits per heavy atom. The molecule has 0 saturated carbocycles. The average Bonchev–Trinajstić information content (AvgIpc) is 2.46. The highest BCUT2D eigenvalue weighted by Gasteiger charge is 2.10. The summed E-state index contributed by atoms with van der Waals surface area (Å²) in [5, 5.41) is 8.52. The van der Waals surface area contributed by atoms with Gasteiger partial charge in [-0.1, -0.05) is 30.4 Å². The fourth-order valence-corrected chi connectivity index (χ4v) is 1.11. The van der Waals surface area contributed by atoms with Gasteiger partial charge in [0.2, 0.25) is 0 Å². The Kier molecular flexibility index (Phi) is 4.80. The number of carbonyl (C=O) groups is 1. The first kappa shape index (κ1) is 11.7. The van der Waals surface area contributed by atoms with Crippen molar-refractivity contribution in [2.24, 2.45) is 5.73 Å². The highest BCUT2D eigenvalue weighted by molar-refractivity contribution is 5.73. The maximum absolute atomic E-state index is 10.4. The summed E-state index contributed by atoms with van der Waals surface area (Å²) in [6, 6.07) is -0.946. The number of carboxylic acid groups (broad SMARTS) is 1. The van der Waals surface area contributed by atoms with Crippen LogP contribution in [0.25, 0.3) is 0 Å². The van der Waals surface area contributed by atoms with Gasteiger partial charge in [-0.25, -0.2) is 0 Å². The molecular formula is C11H15NO3. The van der Waals surface area contributed by atoms with Crippen LogP contribution in [0.5, 0.6) is 0 Å². The van der Waals surface area contributed by atoms with Crippen LogP contribution in [-0.4, -0.2) is 30.3 Å². The maximum atomic E-state index is 10.4. The molecule has 15 heavy (non-hydrogen) atoms. The Bertz CT molecular complexity index is 305. The third-order valence-corrected chi connectivity index (χ3v) is 1.96. The maximum Gasteiger partial charge on any atom is 0.322 e. The third kappa shape index (κ3) is 4.58. The van der Waals surface area contributed by atoms with Crippen molar-refractivity contribution in [2.75, 3.05) is 13.2 Å². The van der Waals surface area contributed by atoms with E-state index >= 15 is 0 Å². The van der Waals surface area contributed by atoms with Gasteiger partial charge in [-0.2, -0.15) is 0 Å². The molecule has 1 aliphatic rings. The molecule has 4 heteroatoms. The van der Waals surface area contributed by atoms with E-state index in [4.69, 9.17) is 15.6 Å². The van der Waals surface area contributed by atoms with Gasteiger partial charge in [0.05, 0.1) is 13.2 Å². The van der Waals surface area contributed by atoms with E-state index in [-0.39, 0.29) is 6.61 Å². The Morgan fingerprint density at radius 3 is 3.13 bits per heavy atom. The number of nitrogens with two attached hydrogens (primary N) is 1. The molecule has 3 N–H and O–H groups in total. The Labute approximate surface area is 88.7 Å². The fraction of sp³-hybridized carbons (Fsp3) is 0.364. The molecule has 0 aromatic heterocycles. The van der Waals surface area contributed by atoms with E-state index in [9.17, 15) is 4.79 Å². The third-order valence-electron chi connectivity index (χ3n) is 1.96. The number of hydrogen-bond donors (Lipinski definition) is 2. The smallest absolute Gasteiger partial charge is 0.322 e. The van der Waals surface area contributed by atoms with Crippen LogP contribution in [-0.2, 0) is 9.53 Å². The van der Waals surface area contributed by atoms with Crippen molar-refractivity contribution in [2.45, 2.75) is 12.5 Å². The van der Waals surface area contributed by atoms with Crippen LogP contribution in [0.1, 0.15) is 6.42 Å². The highest BCUT2D eigenvalue weighted by atomic mass is 16.5. The van der Waals surface area contributed by atoms with Crippen molar-refractivity contribution < 1.29 is 14.6 Å². The van der Waals surface area contributed by atoms with Crippen molar-refractivity contribution in [3.63, 3.8) is 0 Å². The summed E-state index contributed by atoms with van der Waals surface area (Å²) in [4.78, 5) is 10.4. The molecule has 0 aromatic carbocycles. The lowest BCUT2D eigenvalue weighted by atomic mass is 10.2. The second-order valence-electron chi connectivity index (χ2n) is 3.26. The quantitative estimate of drug-likeness (QED) is 0.704. The van der Waals surface area contributed by atoms with Crippen molar-refractivity contribution in [1.82, 2.24) is 0 Å². The van der Waals surface area contributed by atoms with Crippen LogP contribution >= 0.6 is 0 Å². The molecule has 0 aliphatic heterocycles. The number of rotatable bonds is 5.